The number of nitrogens with zero attached hydrogens (tertiary/aromatic N) is 3. The summed E-state index contributed by atoms with van der Waals surface area (Å²) in [6.07, 6.45) is 1.80. The molecule has 92 valence electrons. The van der Waals surface area contributed by atoms with Crippen LogP contribution in [0.4, 0.5) is 0 Å². The van der Waals surface area contributed by atoms with E-state index in [4.69, 9.17) is 16.9 Å². The molecule has 0 unspecified atom stereocenters. The maximum absolute atomic E-state index is 8.94. The molecule has 3 rings (SSSR count). The molecular weight excluding hydrogens is 258 g/mol. The van der Waals surface area contributed by atoms with Gasteiger partial charge in [0.15, 0.2) is 0 Å². The minimum Gasteiger partial charge on any atom is -0.302 e. The quantitative estimate of drug-likeness (QED) is 0.672. The first kappa shape index (κ1) is 11.8. The maximum atomic E-state index is 8.94. The summed E-state index contributed by atoms with van der Waals surface area (Å²) in [7, 11) is 0. The third kappa shape index (κ3) is 1.96. The Morgan fingerprint density at radius 3 is 2.58 bits per heavy atom. The SMILES string of the molecule is Cc1c(-c2ccc(Cl)cc2)nc2ccc(C#N)cn12. The largest absolute Gasteiger partial charge is 0.302 e. The molecule has 0 radical (unpaired) electrons. The van der Waals surface area contributed by atoms with Crippen molar-refractivity contribution in [2.75, 3.05) is 0 Å². The Bertz CT molecular complexity index is 795. The molecule has 19 heavy (non-hydrogen) atoms. The molecule has 0 saturated heterocycles. The zero-order valence-electron chi connectivity index (χ0n) is 10.3. The highest BCUT2D eigenvalue weighted by molar-refractivity contribution is 6.30. The summed E-state index contributed by atoms with van der Waals surface area (Å²) >= 11 is 5.90. The van der Waals surface area contributed by atoms with Gasteiger partial charge in [0.2, 0.25) is 0 Å². The molecule has 0 saturated carbocycles. The van der Waals surface area contributed by atoms with Crippen LogP contribution in [0.5, 0.6) is 0 Å². The summed E-state index contributed by atoms with van der Waals surface area (Å²) in [5.74, 6) is 0. The zero-order valence-corrected chi connectivity index (χ0v) is 11.0. The summed E-state index contributed by atoms with van der Waals surface area (Å²) in [4.78, 5) is 4.60. The van der Waals surface area contributed by atoms with E-state index in [9.17, 15) is 0 Å². The predicted octanol–water partition coefficient (Wildman–Crippen LogP) is 3.83. The fraction of sp³-hybridized carbons (Fsp3) is 0.0667. The van der Waals surface area contributed by atoms with Crippen LogP contribution in [0.2, 0.25) is 5.02 Å². The number of rotatable bonds is 1. The van der Waals surface area contributed by atoms with Crippen molar-refractivity contribution in [3.8, 4) is 17.3 Å². The van der Waals surface area contributed by atoms with Gasteiger partial charge in [-0.3, -0.25) is 0 Å². The average Bonchev–Trinajstić information content (AvgIpc) is 2.76. The van der Waals surface area contributed by atoms with E-state index in [2.05, 4.69) is 11.1 Å². The summed E-state index contributed by atoms with van der Waals surface area (Å²) in [6, 6.07) is 13.4. The van der Waals surface area contributed by atoms with Crippen molar-refractivity contribution in [3.05, 3.63) is 58.9 Å². The molecular formula is C15H10ClN3. The van der Waals surface area contributed by atoms with Gasteiger partial charge in [-0.2, -0.15) is 5.26 Å². The van der Waals surface area contributed by atoms with Crippen molar-refractivity contribution in [3.63, 3.8) is 0 Å². The van der Waals surface area contributed by atoms with E-state index >= 15 is 0 Å². The first-order chi connectivity index (χ1) is 9.19. The van der Waals surface area contributed by atoms with Crippen LogP contribution < -0.4 is 0 Å². The molecule has 0 aliphatic carbocycles. The molecule has 3 aromatic rings. The van der Waals surface area contributed by atoms with Gasteiger partial charge in [-0.25, -0.2) is 4.98 Å². The number of imidazole rings is 1. The number of halogens is 1. The molecule has 2 aromatic heterocycles. The minimum absolute atomic E-state index is 0.621. The number of pyridine rings is 1. The van der Waals surface area contributed by atoms with Gasteiger partial charge in [-0.1, -0.05) is 23.7 Å². The highest BCUT2D eigenvalue weighted by Gasteiger charge is 2.10. The Labute approximate surface area is 115 Å². The van der Waals surface area contributed by atoms with Gasteiger partial charge in [0.1, 0.15) is 11.7 Å². The van der Waals surface area contributed by atoms with E-state index in [1.807, 2.05) is 41.7 Å². The molecule has 0 aliphatic heterocycles. The summed E-state index contributed by atoms with van der Waals surface area (Å²) < 4.78 is 1.93. The monoisotopic (exact) mass is 267 g/mol. The van der Waals surface area contributed by atoms with E-state index in [1.165, 1.54) is 0 Å². The van der Waals surface area contributed by atoms with Crippen molar-refractivity contribution >= 4 is 17.2 Å². The lowest BCUT2D eigenvalue weighted by atomic mass is 10.1. The summed E-state index contributed by atoms with van der Waals surface area (Å²) in [6.45, 7) is 1.99. The smallest absolute Gasteiger partial charge is 0.137 e. The number of nitriles is 1. The second kappa shape index (κ2) is 4.42. The number of benzene rings is 1. The predicted molar refractivity (Wildman–Crippen MR) is 75.1 cm³/mol. The number of hydrogen-bond acceptors (Lipinski definition) is 2. The molecule has 0 fully saturated rings. The Morgan fingerprint density at radius 1 is 1.16 bits per heavy atom. The van der Waals surface area contributed by atoms with Gasteiger partial charge >= 0.3 is 0 Å². The molecule has 0 atom stereocenters. The van der Waals surface area contributed by atoms with Crippen LogP contribution in [0.25, 0.3) is 16.9 Å². The molecule has 0 spiro atoms. The van der Waals surface area contributed by atoms with Crippen molar-refractivity contribution in [1.82, 2.24) is 9.38 Å². The van der Waals surface area contributed by atoms with Crippen molar-refractivity contribution < 1.29 is 0 Å². The fourth-order valence-corrected chi connectivity index (χ4v) is 2.24. The molecule has 3 nitrogen and oxygen atoms in total. The van der Waals surface area contributed by atoms with Gasteiger partial charge in [0.25, 0.3) is 0 Å². The molecule has 4 heteroatoms. The van der Waals surface area contributed by atoms with Crippen LogP contribution in [-0.2, 0) is 0 Å². The van der Waals surface area contributed by atoms with Crippen molar-refractivity contribution in [2.45, 2.75) is 6.92 Å². The molecule has 0 amide bonds. The Kier molecular flexibility index (Phi) is 2.73. The third-order valence-electron chi connectivity index (χ3n) is 3.10. The van der Waals surface area contributed by atoms with Crippen LogP contribution in [0.15, 0.2) is 42.6 Å². The van der Waals surface area contributed by atoms with Crippen LogP contribution in [0.3, 0.4) is 0 Å². The second-order valence-electron chi connectivity index (χ2n) is 4.31. The number of aryl methyl sites for hydroxylation is 1. The van der Waals surface area contributed by atoms with Crippen molar-refractivity contribution in [2.24, 2.45) is 0 Å². The van der Waals surface area contributed by atoms with Gasteiger partial charge in [0.05, 0.1) is 11.3 Å². The number of aromatic nitrogens is 2. The highest BCUT2D eigenvalue weighted by atomic mass is 35.5. The maximum Gasteiger partial charge on any atom is 0.137 e. The van der Waals surface area contributed by atoms with E-state index in [1.54, 1.807) is 12.3 Å². The first-order valence-corrected chi connectivity index (χ1v) is 6.21. The third-order valence-corrected chi connectivity index (χ3v) is 3.36. The Morgan fingerprint density at radius 2 is 1.89 bits per heavy atom. The fourth-order valence-electron chi connectivity index (χ4n) is 2.11. The number of fused-ring (bicyclic) bond motifs is 1. The lowest BCUT2D eigenvalue weighted by Crippen LogP contribution is -1.89. The lowest BCUT2D eigenvalue weighted by molar-refractivity contribution is 1.10. The molecule has 1 aromatic carbocycles. The van der Waals surface area contributed by atoms with E-state index in [-0.39, 0.29) is 0 Å². The first-order valence-electron chi connectivity index (χ1n) is 5.84. The summed E-state index contributed by atoms with van der Waals surface area (Å²) in [5, 5.41) is 9.65. The minimum atomic E-state index is 0.621. The van der Waals surface area contributed by atoms with Crippen LogP contribution in [-0.4, -0.2) is 9.38 Å². The molecule has 2 heterocycles. The zero-order chi connectivity index (χ0) is 13.4. The van der Waals surface area contributed by atoms with Gasteiger partial charge in [-0.15, -0.1) is 0 Å². The Hall–Kier alpha value is -2.31. The summed E-state index contributed by atoms with van der Waals surface area (Å²) in [5.41, 5.74) is 4.39. The highest BCUT2D eigenvalue weighted by Crippen LogP contribution is 2.25. The normalized spacial score (nSPS) is 10.6. The van der Waals surface area contributed by atoms with Crippen LogP contribution in [0.1, 0.15) is 11.3 Å². The standard InChI is InChI=1S/C15H10ClN3/c1-10-15(12-3-5-13(16)6-4-12)18-14-7-2-11(8-17)9-19(10)14/h2-7,9H,1H3. The molecule has 0 aliphatic rings. The molecule has 0 bridgehead atoms. The lowest BCUT2D eigenvalue weighted by Gasteiger charge is -2.00. The van der Waals surface area contributed by atoms with Gasteiger partial charge < -0.3 is 4.40 Å². The van der Waals surface area contributed by atoms with Crippen LogP contribution in [0, 0.1) is 18.3 Å². The Balaban J connectivity index is 2.23. The van der Waals surface area contributed by atoms with E-state index in [0.29, 0.717) is 10.6 Å². The van der Waals surface area contributed by atoms with E-state index < -0.39 is 0 Å². The van der Waals surface area contributed by atoms with E-state index in [0.717, 1.165) is 22.6 Å². The van der Waals surface area contributed by atoms with Gasteiger partial charge in [0, 0.05) is 22.5 Å². The topological polar surface area (TPSA) is 41.1 Å². The van der Waals surface area contributed by atoms with Gasteiger partial charge in [-0.05, 0) is 31.2 Å². The average molecular weight is 268 g/mol. The van der Waals surface area contributed by atoms with Crippen LogP contribution >= 0.6 is 11.6 Å². The van der Waals surface area contributed by atoms with Crippen molar-refractivity contribution in [1.29, 1.82) is 5.26 Å². The molecule has 0 N–H and O–H groups in total. The second-order valence-corrected chi connectivity index (χ2v) is 4.75. The number of hydrogen-bond donors (Lipinski definition) is 0.